The van der Waals surface area contributed by atoms with Crippen LogP contribution in [0.3, 0.4) is 0 Å². The van der Waals surface area contributed by atoms with Crippen LogP contribution in [-0.4, -0.2) is 13.1 Å². The van der Waals surface area contributed by atoms with E-state index in [2.05, 4.69) is 19.2 Å². The van der Waals surface area contributed by atoms with Gasteiger partial charge in [0.2, 0.25) is 0 Å². The highest BCUT2D eigenvalue weighted by Gasteiger charge is 2.29. The van der Waals surface area contributed by atoms with Crippen LogP contribution in [-0.2, 0) is 0 Å². The van der Waals surface area contributed by atoms with Crippen LogP contribution in [0.15, 0.2) is 0 Å². The first kappa shape index (κ1) is 14.4. The Balaban J connectivity index is 1.76. The third-order valence-corrected chi connectivity index (χ3v) is 5.48. The Kier molecular flexibility index (Phi) is 6.01. The molecule has 0 aromatic rings. The average molecular weight is 251 g/mol. The van der Waals surface area contributed by atoms with Crippen LogP contribution in [0.2, 0.25) is 0 Å². The van der Waals surface area contributed by atoms with Crippen molar-refractivity contribution in [3.63, 3.8) is 0 Å². The van der Waals surface area contributed by atoms with Crippen molar-refractivity contribution in [2.24, 2.45) is 23.7 Å². The second-order valence-electron chi connectivity index (χ2n) is 6.97. The molecule has 2 saturated carbocycles. The molecule has 0 aliphatic heterocycles. The van der Waals surface area contributed by atoms with E-state index < -0.39 is 0 Å². The van der Waals surface area contributed by atoms with Crippen LogP contribution in [0.5, 0.6) is 0 Å². The van der Waals surface area contributed by atoms with Crippen LogP contribution in [0.4, 0.5) is 0 Å². The predicted octanol–water partition coefficient (Wildman–Crippen LogP) is 4.62. The van der Waals surface area contributed by atoms with E-state index in [1.165, 1.54) is 64.3 Å². The van der Waals surface area contributed by atoms with Crippen molar-refractivity contribution in [2.45, 2.75) is 71.6 Å². The van der Waals surface area contributed by atoms with E-state index in [4.69, 9.17) is 0 Å². The molecule has 0 radical (unpaired) electrons. The maximum absolute atomic E-state index is 3.59. The SMILES string of the molecule is CCNCC1CCC(C)CC1CCC1CCCC1. The summed E-state index contributed by atoms with van der Waals surface area (Å²) in [6.07, 6.45) is 13.6. The summed E-state index contributed by atoms with van der Waals surface area (Å²) in [6.45, 7) is 7.12. The minimum Gasteiger partial charge on any atom is -0.317 e. The van der Waals surface area contributed by atoms with Crippen molar-refractivity contribution in [3.8, 4) is 0 Å². The van der Waals surface area contributed by atoms with Crippen molar-refractivity contribution in [1.82, 2.24) is 5.32 Å². The van der Waals surface area contributed by atoms with Crippen molar-refractivity contribution in [3.05, 3.63) is 0 Å². The highest BCUT2D eigenvalue weighted by atomic mass is 14.8. The van der Waals surface area contributed by atoms with Gasteiger partial charge in [0.05, 0.1) is 0 Å². The van der Waals surface area contributed by atoms with Crippen LogP contribution in [0.25, 0.3) is 0 Å². The molecule has 3 atom stereocenters. The Morgan fingerprint density at radius 2 is 1.72 bits per heavy atom. The van der Waals surface area contributed by atoms with E-state index >= 15 is 0 Å². The summed E-state index contributed by atoms with van der Waals surface area (Å²) in [5.41, 5.74) is 0. The Hall–Kier alpha value is -0.0400. The molecule has 3 unspecified atom stereocenters. The minimum atomic E-state index is 0.975. The van der Waals surface area contributed by atoms with E-state index in [9.17, 15) is 0 Å². The Morgan fingerprint density at radius 3 is 2.44 bits per heavy atom. The molecular formula is C17H33N. The molecular weight excluding hydrogens is 218 g/mol. The van der Waals surface area contributed by atoms with E-state index in [0.29, 0.717) is 0 Å². The van der Waals surface area contributed by atoms with Gasteiger partial charge in [0, 0.05) is 0 Å². The maximum atomic E-state index is 3.59. The molecule has 0 bridgehead atoms. The number of nitrogens with one attached hydrogen (secondary N) is 1. The van der Waals surface area contributed by atoms with Crippen molar-refractivity contribution in [2.75, 3.05) is 13.1 Å². The largest absolute Gasteiger partial charge is 0.317 e. The number of hydrogen-bond acceptors (Lipinski definition) is 1. The van der Waals surface area contributed by atoms with Crippen LogP contribution >= 0.6 is 0 Å². The summed E-state index contributed by atoms with van der Waals surface area (Å²) in [5.74, 6) is 4.06. The topological polar surface area (TPSA) is 12.0 Å². The Bertz CT molecular complexity index is 218. The van der Waals surface area contributed by atoms with Gasteiger partial charge in [-0.3, -0.25) is 0 Å². The number of hydrogen-bond donors (Lipinski definition) is 1. The lowest BCUT2D eigenvalue weighted by atomic mass is 9.72. The van der Waals surface area contributed by atoms with Crippen molar-refractivity contribution < 1.29 is 0 Å². The standard InChI is InChI=1S/C17H33N/c1-3-18-13-17-10-8-14(2)12-16(17)11-9-15-6-4-5-7-15/h14-18H,3-13H2,1-2H3. The van der Waals surface area contributed by atoms with Gasteiger partial charge in [-0.15, -0.1) is 0 Å². The molecule has 2 aliphatic carbocycles. The van der Waals surface area contributed by atoms with Crippen LogP contribution < -0.4 is 5.32 Å². The predicted molar refractivity (Wildman–Crippen MR) is 79.7 cm³/mol. The van der Waals surface area contributed by atoms with Gasteiger partial charge < -0.3 is 5.32 Å². The molecule has 0 aromatic carbocycles. The normalized spacial score (nSPS) is 34.0. The average Bonchev–Trinajstić information content (AvgIpc) is 2.88. The second kappa shape index (κ2) is 7.53. The van der Waals surface area contributed by atoms with Crippen molar-refractivity contribution in [1.29, 1.82) is 0 Å². The molecule has 18 heavy (non-hydrogen) atoms. The fourth-order valence-electron chi connectivity index (χ4n) is 4.26. The molecule has 0 heterocycles. The molecule has 2 rings (SSSR count). The van der Waals surface area contributed by atoms with Crippen LogP contribution in [0, 0.1) is 23.7 Å². The third kappa shape index (κ3) is 4.26. The molecule has 0 spiro atoms. The Labute approximate surface area is 114 Å². The second-order valence-corrected chi connectivity index (χ2v) is 6.97. The summed E-state index contributed by atoms with van der Waals surface area (Å²) >= 11 is 0. The Morgan fingerprint density at radius 1 is 0.944 bits per heavy atom. The van der Waals surface area contributed by atoms with E-state index in [0.717, 1.165) is 30.2 Å². The lowest BCUT2D eigenvalue weighted by Gasteiger charge is -2.35. The van der Waals surface area contributed by atoms with E-state index in [1.807, 2.05) is 0 Å². The maximum Gasteiger partial charge on any atom is -0.00180 e. The summed E-state index contributed by atoms with van der Waals surface area (Å²) < 4.78 is 0. The summed E-state index contributed by atoms with van der Waals surface area (Å²) in [7, 11) is 0. The smallest absolute Gasteiger partial charge is 0.00180 e. The molecule has 0 saturated heterocycles. The monoisotopic (exact) mass is 251 g/mol. The highest BCUT2D eigenvalue weighted by molar-refractivity contribution is 4.81. The van der Waals surface area contributed by atoms with Gasteiger partial charge >= 0.3 is 0 Å². The van der Waals surface area contributed by atoms with Crippen LogP contribution in [0.1, 0.15) is 71.6 Å². The molecule has 2 aliphatic rings. The molecule has 1 heteroatoms. The van der Waals surface area contributed by atoms with E-state index in [1.54, 1.807) is 0 Å². The molecule has 2 fully saturated rings. The zero-order chi connectivity index (χ0) is 12.8. The number of rotatable bonds is 6. The molecule has 1 N–H and O–H groups in total. The lowest BCUT2D eigenvalue weighted by Crippen LogP contribution is -2.32. The molecule has 1 nitrogen and oxygen atoms in total. The zero-order valence-electron chi connectivity index (χ0n) is 12.6. The van der Waals surface area contributed by atoms with Gasteiger partial charge in [-0.1, -0.05) is 52.4 Å². The third-order valence-electron chi connectivity index (χ3n) is 5.48. The highest BCUT2D eigenvalue weighted by Crippen LogP contribution is 2.38. The summed E-state index contributed by atoms with van der Waals surface area (Å²) in [5, 5.41) is 3.59. The first-order valence-electron chi connectivity index (χ1n) is 8.50. The molecule has 0 aromatic heterocycles. The first-order chi connectivity index (χ1) is 8.79. The molecule has 0 amide bonds. The van der Waals surface area contributed by atoms with Gasteiger partial charge in [0.15, 0.2) is 0 Å². The van der Waals surface area contributed by atoms with Crippen molar-refractivity contribution >= 4 is 0 Å². The van der Waals surface area contributed by atoms with Gasteiger partial charge in [0.1, 0.15) is 0 Å². The first-order valence-corrected chi connectivity index (χ1v) is 8.50. The quantitative estimate of drug-likeness (QED) is 0.726. The summed E-state index contributed by atoms with van der Waals surface area (Å²) in [6, 6.07) is 0. The minimum absolute atomic E-state index is 0.975. The van der Waals surface area contributed by atoms with Gasteiger partial charge in [-0.05, 0) is 56.0 Å². The fraction of sp³-hybridized carbons (Fsp3) is 1.00. The van der Waals surface area contributed by atoms with E-state index in [-0.39, 0.29) is 0 Å². The fourth-order valence-corrected chi connectivity index (χ4v) is 4.26. The molecule has 106 valence electrons. The summed E-state index contributed by atoms with van der Waals surface area (Å²) in [4.78, 5) is 0. The van der Waals surface area contributed by atoms with Gasteiger partial charge in [0.25, 0.3) is 0 Å². The lowest BCUT2D eigenvalue weighted by molar-refractivity contribution is 0.166. The zero-order valence-corrected chi connectivity index (χ0v) is 12.6. The van der Waals surface area contributed by atoms with Gasteiger partial charge in [-0.25, -0.2) is 0 Å². The van der Waals surface area contributed by atoms with Gasteiger partial charge in [-0.2, -0.15) is 0 Å².